The number of nitrogens with zero attached hydrogens (tertiary/aromatic N) is 1. The zero-order chi connectivity index (χ0) is 7.97. The lowest BCUT2D eigenvalue weighted by atomic mass is 10.2. The summed E-state index contributed by atoms with van der Waals surface area (Å²) in [6.45, 7) is 1.05. The Morgan fingerprint density at radius 3 is 3.25 bits per heavy atom. The summed E-state index contributed by atoms with van der Waals surface area (Å²) in [5.74, 6) is 0. The summed E-state index contributed by atoms with van der Waals surface area (Å²) in [4.78, 5) is 1.44. The summed E-state index contributed by atoms with van der Waals surface area (Å²) in [7, 11) is 0. The van der Waals surface area contributed by atoms with E-state index in [9.17, 15) is 0 Å². The predicted octanol–water partition coefficient (Wildman–Crippen LogP) is 2.06. The van der Waals surface area contributed by atoms with Crippen LogP contribution in [-0.2, 0) is 6.54 Å². The van der Waals surface area contributed by atoms with E-state index in [1.54, 1.807) is 0 Å². The van der Waals surface area contributed by atoms with E-state index in [1.165, 1.54) is 16.1 Å². The first kappa shape index (κ1) is 6.38. The zero-order valence-corrected chi connectivity index (χ0v) is 7.34. The summed E-state index contributed by atoms with van der Waals surface area (Å²) in [6, 6.07) is 8.58. The fourth-order valence-corrected chi connectivity index (χ4v) is 2.65. The fourth-order valence-electron chi connectivity index (χ4n) is 1.69. The quantitative estimate of drug-likeness (QED) is 0.459. The Bertz CT molecular complexity index is 431. The average Bonchev–Trinajstić information content (AvgIpc) is 2.62. The molecule has 0 spiro atoms. The molecular formula is C10H8NS+. The summed E-state index contributed by atoms with van der Waals surface area (Å²) >= 11 is 1.83. The van der Waals surface area contributed by atoms with E-state index in [4.69, 9.17) is 0 Å². The van der Waals surface area contributed by atoms with Gasteiger partial charge in [-0.15, -0.1) is 11.3 Å². The maximum absolute atomic E-state index is 2.29. The van der Waals surface area contributed by atoms with Gasteiger partial charge in [-0.25, -0.2) is 0 Å². The molecule has 58 valence electrons. The van der Waals surface area contributed by atoms with Crippen LogP contribution >= 0.6 is 11.3 Å². The number of pyridine rings is 1. The summed E-state index contributed by atoms with van der Waals surface area (Å²) in [5, 5.41) is 2.17. The Balaban J connectivity index is 2.34. The summed E-state index contributed by atoms with van der Waals surface area (Å²) in [5.41, 5.74) is 2.83. The van der Waals surface area contributed by atoms with E-state index in [1.807, 2.05) is 11.3 Å². The normalized spacial score (nSPS) is 12.7. The number of thiophene rings is 1. The van der Waals surface area contributed by atoms with Gasteiger partial charge in [-0.3, -0.25) is 0 Å². The summed E-state index contributed by atoms with van der Waals surface area (Å²) in [6.07, 6.45) is 2.14. The lowest BCUT2D eigenvalue weighted by Crippen LogP contribution is -2.31. The molecule has 0 saturated heterocycles. The maximum Gasteiger partial charge on any atom is 0.223 e. The van der Waals surface area contributed by atoms with Crippen molar-refractivity contribution in [2.75, 3.05) is 0 Å². The van der Waals surface area contributed by atoms with Gasteiger partial charge in [0.05, 0.1) is 0 Å². The molecule has 1 aliphatic heterocycles. The van der Waals surface area contributed by atoms with Gasteiger partial charge in [0.25, 0.3) is 0 Å². The van der Waals surface area contributed by atoms with Crippen molar-refractivity contribution in [2.24, 2.45) is 0 Å². The second-order valence-electron chi connectivity index (χ2n) is 2.99. The Kier molecular flexibility index (Phi) is 1.15. The maximum atomic E-state index is 2.29. The topological polar surface area (TPSA) is 3.88 Å². The van der Waals surface area contributed by atoms with Crippen molar-refractivity contribution in [1.82, 2.24) is 0 Å². The molecule has 0 bridgehead atoms. The smallest absolute Gasteiger partial charge is 0.193 e. The Labute approximate surface area is 74.9 Å². The van der Waals surface area contributed by atoms with E-state index >= 15 is 0 Å². The van der Waals surface area contributed by atoms with Crippen LogP contribution in [0.4, 0.5) is 0 Å². The SMILES string of the molecule is c1cc[n+]2c(c1)-c1sccc1C2. The van der Waals surface area contributed by atoms with Crippen LogP contribution in [0.15, 0.2) is 35.8 Å². The van der Waals surface area contributed by atoms with Crippen molar-refractivity contribution in [2.45, 2.75) is 6.54 Å². The van der Waals surface area contributed by atoms with Gasteiger partial charge in [0.2, 0.25) is 5.69 Å². The molecule has 0 unspecified atom stereocenters. The molecular weight excluding hydrogens is 166 g/mol. The molecule has 0 atom stereocenters. The Morgan fingerprint density at radius 1 is 1.25 bits per heavy atom. The minimum atomic E-state index is 1.05. The first-order chi connectivity index (χ1) is 5.95. The number of fused-ring (bicyclic) bond motifs is 3. The largest absolute Gasteiger partial charge is 0.223 e. The van der Waals surface area contributed by atoms with E-state index in [-0.39, 0.29) is 0 Å². The lowest BCUT2D eigenvalue weighted by Gasteiger charge is -1.89. The van der Waals surface area contributed by atoms with Gasteiger partial charge in [0.15, 0.2) is 12.7 Å². The van der Waals surface area contributed by atoms with Crippen molar-refractivity contribution in [3.05, 3.63) is 41.4 Å². The molecule has 2 aromatic rings. The molecule has 0 N–H and O–H groups in total. The van der Waals surface area contributed by atoms with E-state index in [0.29, 0.717) is 0 Å². The predicted molar refractivity (Wildman–Crippen MR) is 49.1 cm³/mol. The molecule has 2 aromatic heterocycles. The third-order valence-corrected chi connectivity index (χ3v) is 3.24. The van der Waals surface area contributed by atoms with E-state index in [0.717, 1.165) is 6.54 Å². The molecule has 0 amide bonds. The molecule has 0 fully saturated rings. The van der Waals surface area contributed by atoms with Crippen LogP contribution < -0.4 is 4.57 Å². The summed E-state index contributed by atoms with van der Waals surface area (Å²) < 4.78 is 2.29. The standard InChI is InChI=1S/C10H8NS/c1-2-5-11-7-8-4-6-12-10(8)9(11)3-1/h1-6H,7H2/q+1. The molecule has 0 saturated carbocycles. The highest BCUT2D eigenvalue weighted by molar-refractivity contribution is 7.13. The monoisotopic (exact) mass is 174 g/mol. The minimum absolute atomic E-state index is 1.05. The highest BCUT2D eigenvalue weighted by atomic mass is 32.1. The third-order valence-electron chi connectivity index (χ3n) is 2.26. The molecule has 0 radical (unpaired) electrons. The first-order valence-corrected chi connectivity index (χ1v) is 4.88. The van der Waals surface area contributed by atoms with Crippen molar-refractivity contribution in [3.8, 4) is 10.6 Å². The fraction of sp³-hybridized carbons (Fsp3) is 0.100. The number of hydrogen-bond acceptors (Lipinski definition) is 1. The van der Waals surface area contributed by atoms with E-state index < -0.39 is 0 Å². The number of hydrogen-bond donors (Lipinski definition) is 0. The van der Waals surface area contributed by atoms with Crippen molar-refractivity contribution in [3.63, 3.8) is 0 Å². The first-order valence-electron chi connectivity index (χ1n) is 4.00. The minimum Gasteiger partial charge on any atom is -0.193 e. The molecule has 0 aliphatic carbocycles. The molecule has 0 aromatic carbocycles. The zero-order valence-electron chi connectivity index (χ0n) is 6.53. The van der Waals surface area contributed by atoms with Gasteiger partial charge >= 0.3 is 0 Å². The average molecular weight is 174 g/mol. The van der Waals surface area contributed by atoms with Gasteiger partial charge < -0.3 is 0 Å². The second kappa shape index (κ2) is 2.17. The lowest BCUT2D eigenvalue weighted by molar-refractivity contribution is -0.672. The van der Waals surface area contributed by atoms with Crippen molar-refractivity contribution in [1.29, 1.82) is 0 Å². The van der Waals surface area contributed by atoms with E-state index in [2.05, 4.69) is 40.4 Å². The van der Waals surface area contributed by atoms with Crippen LogP contribution in [0.5, 0.6) is 0 Å². The molecule has 3 heterocycles. The van der Waals surface area contributed by atoms with Gasteiger partial charge in [-0.1, -0.05) is 0 Å². The number of aromatic nitrogens is 1. The van der Waals surface area contributed by atoms with Crippen LogP contribution in [0.25, 0.3) is 10.6 Å². The van der Waals surface area contributed by atoms with Crippen LogP contribution in [0.1, 0.15) is 5.56 Å². The van der Waals surface area contributed by atoms with Crippen LogP contribution in [-0.4, -0.2) is 0 Å². The molecule has 1 nitrogen and oxygen atoms in total. The van der Waals surface area contributed by atoms with Crippen molar-refractivity contribution >= 4 is 11.3 Å². The van der Waals surface area contributed by atoms with Gasteiger partial charge in [0, 0.05) is 17.7 Å². The number of rotatable bonds is 0. The molecule has 1 aliphatic rings. The second-order valence-corrected chi connectivity index (χ2v) is 3.90. The third kappa shape index (κ3) is 0.703. The Hall–Kier alpha value is -1.15. The molecule has 2 heteroatoms. The van der Waals surface area contributed by atoms with Gasteiger partial charge in [0.1, 0.15) is 4.88 Å². The van der Waals surface area contributed by atoms with Crippen LogP contribution in [0, 0.1) is 0 Å². The van der Waals surface area contributed by atoms with Crippen LogP contribution in [0.3, 0.4) is 0 Å². The highest BCUT2D eigenvalue weighted by Crippen LogP contribution is 2.30. The van der Waals surface area contributed by atoms with Crippen LogP contribution in [0.2, 0.25) is 0 Å². The molecule has 3 rings (SSSR count). The highest BCUT2D eigenvalue weighted by Gasteiger charge is 2.25. The Morgan fingerprint density at radius 2 is 2.25 bits per heavy atom. The van der Waals surface area contributed by atoms with Gasteiger partial charge in [-0.05, 0) is 17.5 Å². The molecule has 12 heavy (non-hydrogen) atoms. The van der Waals surface area contributed by atoms with Crippen molar-refractivity contribution < 1.29 is 4.57 Å². The van der Waals surface area contributed by atoms with Gasteiger partial charge in [-0.2, -0.15) is 4.57 Å².